The van der Waals surface area contributed by atoms with Crippen molar-refractivity contribution in [1.29, 1.82) is 0 Å². The topological polar surface area (TPSA) is 39.9 Å². The molecule has 102 valence electrons. The van der Waals surface area contributed by atoms with Crippen LogP contribution in [0.2, 0.25) is 0 Å². The van der Waals surface area contributed by atoms with Crippen LogP contribution in [-0.2, 0) is 13.7 Å². The van der Waals surface area contributed by atoms with Crippen LogP contribution in [0.1, 0.15) is 11.3 Å². The lowest BCUT2D eigenvalue weighted by atomic mass is 9.78. The predicted molar refractivity (Wildman–Crippen MR) is 65.2 cm³/mol. The summed E-state index contributed by atoms with van der Waals surface area (Å²) in [6.45, 7) is -3.54. The van der Waals surface area contributed by atoms with Crippen molar-refractivity contribution >= 4 is 12.4 Å². The van der Waals surface area contributed by atoms with Crippen molar-refractivity contribution in [2.45, 2.75) is 13.5 Å². The van der Waals surface area contributed by atoms with Crippen LogP contribution in [0.4, 0.5) is 12.9 Å². The number of rotatable bonds is 4. The van der Waals surface area contributed by atoms with Crippen molar-refractivity contribution in [3.63, 3.8) is 0 Å². The summed E-state index contributed by atoms with van der Waals surface area (Å²) < 4.78 is 45.4. The average Bonchev–Trinajstić information content (AvgIpc) is 2.72. The zero-order chi connectivity index (χ0) is 14.0. The summed E-state index contributed by atoms with van der Waals surface area (Å²) in [7, 11) is 1.67. The molecule has 0 aliphatic carbocycles. The van der Waals surface area contributed by atoms with Gasteiger partial charge in [-0.15, -0.1) is 5.10 Å². The molecule has 1 aromatic carbocycles. The SMILES string of the molecule is Cc1ccc(OCc2cn(C)nn2)c([B-](F)(F)F)c1. The molecule has 1 heterocycles. The molecule has 0 radical (unpaired) electrons. The molecule has 0 unspecified atom stereocenters. The lowest BCUT2D eigenvalue weighted by Crippen LogP contribution is -2.35. The van der Waals surface area contributed by atoms with E-state index in [-0.39, 0.29) is 12.4 Å². The van der Waals surface area contributed by atoms with E-state index in [0.717, 1.165) is 6.07 Å². The summed E-state index contributed by atoms with van der Waals surface area (Å²) >= 11 is 0. The first-order valence-corrected chi connectivity index (χ1v) is 5.65. The number of ether oxygens (including phenoxy) is 1. The normalized spacial score (nSPS) is 11.6. The molecule has 1 aromatic heterocycles. The van der Waals surface area contributed by atoms with E-state index in [0.29, 0.717) is 11.3 Å². The molecular formula is C11H12BF3N3O-. The third-order valence-corrected chi connectivity index (χ3v) is 2.54. The van der Waals surface area contributed by atoms with Gasteiger partial charge in [-0.2, -0.15) is 0 Å². The van der Waals surface area contributed by atoms with E-state index in [9.17, 15) is 12.9 Å². The highest BCUT2D eigenvalue weighted by Crippen LogP contribution is 2.19. The highest BCUT2D eigenvalue weighted by atomic mass is 19.4. The fourth-order valence-electron chi connectivity index (χ4n) is 1.67. The second-order valence-electron chi connectivity index (χ2n) is 4.29. The van der Waals surface area contributed by atoms with Gasteiger partial charge in [-0.05, 0) is 13.0 Å². The van der Waals surface area contributed by atoms with Crippen molar-refractivity contribution in [2.75, 3.05) is 0 Å². The molecule has 0 saturated carbocycles. The fraction of sp³-hybridized carbons (Fsp3) is 0.273. The van der Waals surface area contributed by atoms with Gasteiger partial charge in [0.25, 0.3) is 0 Å². The van der Waals surface area contributed by atoms with Gasteiger partial charge in [0.15, 0.2) is 0 Å². The predicted octanol–water partition coefficient (Wildman–Crippen LogP) is 1.76. The van der Waals surface area contributed by atoms with Crippen LogP contribution in [0.3, 0.4) is 0 Å². The van der Waals surface area contributed by atoms with E-state index in [1.54, 1.807) is 26.2 Å². The first kappa shape index (κ1) is 13.4. The smallest absolute Gasteiger partial charge is 0.490 e. The van der Waals surface area contributed by atoms with Crippen molar-refractivity contribution in [3.05, 3.63) is 35.7 Å². The second kappa shape index (κ2) is 4.95. The van der Waals surface area contributed by atoms with Gasteiger partial charge in [0.05, 0.1) is 11.9 Å². The van der Waals surface area contributed by atoms with Crippen molar-refractivity contribution in [2.24, 2.45) is 7.05 Å². The highest BCUT2D eigenvalue weighted by molar-refractivity contribution is 6.74. The number of hydrogen-bond acceptors (Lipinski definition) is 3. The molecule has 0 atom stereocenters. The molecule has 0 aliphatic heterocycles. The van der Waals surface area contributed by atoms with E-state index in [4.69, 9.17) is 4.74 Å². The third kappa shape index (κ3) is 3.27. The van der Waals surface area contributed by atoms with Crippen LogP contribution >= 0.6 is 0 Å². The Morgan fingerprint density at radius 3 is 2.63 bits per heavy atom. The first-order valence-electron chi connectivity index (χ1n) is 5.65. The van der Waals surface area contributed by atoms with Gasteiger partial charge in [0.2, 0.25) is 0 Å². The van der Waals surface area contributed by atoms with Crippen LogP contribution < -0.4 is 10.2 Å². The maximum atomic E-state index is 12.9. The number of benzene rings is 1. The molecule has 8 heteroatoms. The quantitative estimate of drug-likeness (QED) is 0.795. The third-order valence-electron chi connectivity index (χ3n) is 2.54. The molecule has 0 amide bonds. The lowest BCUT2D eigenvalue weighted by Gasteiger charge is -2.20. The molecule has 0 spiro atoms. The number of halogens is 3. The maximum absolute atomic E-state index is 12.9. The first-order chi connectivity index (χ1) is 8.86. The molecule has 0 bridgehead atoms. The molecule has 0 N–H and O–H groups in total. The van der Waals surface area contributed by atoms with Crippen molar-refractivity contribution in [1.82, 2.24) is 15.0 Å². The summed E-state index contributed by atoms with van der Waals surface area (Å²) in [6.07, 6.45) is 1.59. The average molecular weight is 270 g/mol. The Labute approximate surface area is 108 Å². The van der Waals surface area contributed by atoms with Gasteiger partial charge in [0, 0.05) is 7.05 Å². The summed E-state index contributed by atoms with van der Waals surface area (Å²) in [5.74, 6) is -0.177. The van der Waals surface area contributed by atoms with E-state index < -0.39 is 12.4 Å². The molecule has 2 aromatic rings. The summed E-state index contributed by atoms with van der Waals surface area (Å²) in [5, 5.41) is 7.43. The molecule has 4 nitrogen and oxygen atoms in total. The van der Waals surface area contributed by atoms with E-state index in [1.165, 1.54) is 10.7 Å². The zero-order valence-corrected chi connectivity index (χ0v) is 10.5. The molecule has 0 fully saturated rings. The van der Waals surface area contributed by atoms with Gasteiger partial charge >= 0.3 is 6.98 Å². The van der Waals surface area contributed by atoms with Crippen LogP contribution in [0.15, 0.2) is 24.4 Å². The molecule has 0 saturated heterocycles. The Balaban J connectivity index is 2.20. The van der Waals surface area contributed by atoms with Crippen molar-refractivity contribution in [3.8, 4) is 5.75 Å². The van der Waals surface area contributed by atoms with Gasteiger partial charge in [-0.3, -0.25) is 4.68 Å². The van der Waals surface area contributed by atoms with E-state index in [1.807, 2.05) is 0 Å². The van der Waals surface area contributed by atoms with Crippen LogP contribution in [-0.4, -0.2) is 22.0 Å². The minimum atomic E-state index is -5.10. The van der Waals surface area contributed by atoms with Gasteiger partial charge in [-0.25, -0.2) is 0 Å². The van der Waals surface area contributed by atoms with E-state index in [2.05, 4.69) is 10.3 Å². The largest absolute Gasteiger partial charge is 0.513 e. The Morgan fingerprint density at radius 1 is 1.32 bits per heavy atom. The van der Waals surface area contributed by atoms with Crippen LogP contribution in [0.5, 0.6) is 5.75 Å². The lowest BCUT2D eigenvalue weighted by molar-refractivity contribution is 0.302. The van der Waals surface area contributed by atoms with Gasteiger partial charge in [0.1, 0.15) is 12.3 Å². The summed E-state index contributed by atoms with van der Waals surface area (Å²) in [6, 6.07) is 4.00. The molecule has 0 aliphatic rings. The maximum Gasteiger partial charge on any atom is 0.513 e. The molecule has 2 rings (SSSR count). The van der Waals surface area contributed by atoms with Gasteiger partial charge in [-0.1, -0.05) is 28.4 Å². The van der Waals surface area contributed by atoms with Crippen LogP contribution in [0, 0.1) is 6.92 Å². The number of aryl methyl sites for hydroxylation is 2. The highest BCUT2D eigenvalue weighted by Gasteiger charge is 2.29. The van der Waals surface area contributed by atoms with Crippen molar-refractivity contribution < 1.29 is 17.7 Å². The minimum Gasteiger partial charge on any atom is -0.490 e. The Hall–Kier alpha value is -1.99. The minimum absolute atomic E-state index is 0.0456. The standard InChI is InChI=1S/C11H12BF3N3O/c1-8-3-4-11(10(5-8)12(13,14)15)19-7-9-6-18(2)17-16-9/h3-6H,7H2,1-2H3/q-1. The number of nitrogens with zero attached hydrogens (tertiary/aromatic N) is 3. The Kier molecular flexibility index (Phi) is 3.50. The molecule has 19 heavy (non-hydrogen) atoms. The zero-order valence-electron chi connectivity index (χ0n) is 10.5. The van der Waals surface area contributed by atoms with Crippen LogP contribution in [0.25, 0.3) is 0 Å². The number of hydrogen-bond donors (Lipinski definition) is 0. The summed E-state index contributed by atoms with van der Waals surface area (Å²) in [5.41, 5.74) is 0.300. The Morgan fingerprint density at radius 2 is 2.05 bits per heavy atom. The fourth-order valence-corrected chi connectivity index (χ4v) is 1.67. The second-order valence-corrected chi connectivity index (χ2v) is 4.29. The Bertz CT molecular complexity index is 583. The number of aromatic nitrogens is 3. The summed E-state index contributed by atoms with van der Waals surface area (Å²) in [4.78, 5) is 0. The van der Waals surface area contributed by atoms with Gasteiger partial charge < -0.3 is 17.7 Å². The van der Waals surface area contributed by atoms with E-state index >= 15 is 0 Å². The monoisotopic (exact) mass is 270 g/mol. The molecular weight excluding hydrogens is 258 g/mol.